The second kappa shape index (κ2) is 8.62. The van der Waals surface area contributed by atoms with E-state index in [4.69, 9.17) is 15.2 Å². The van der Waals surface area contributed by atoms with Crippen molar-refractivity contribution >= 4 is 5.76 Å². The smallest absolute Gasteiger partial charge is 0.162 e. The van der Waals surface area contributed by atoms with Gasteiger partial charge in [-0.2, -0.15) is 0 Å². The summed E-state index contributed by atoms with van der Waals surface area (Å²) in [4.78, 5) is 0. The van der Waals surface area contributed by atoms with E-state index in [1.807, 2.05) is 60.7 Å². The van der Waals surface area contributed by atoms with Crippen LogP contribution in [-0.4, -0.2) is 5.11 Å². The Labute approximate surface area is 153 Å². The van der Waals surface area contributed by atoms with Gasteiger partial charge in [0.2, 0.25) is 0 Å². The highest BCUT2D eigenvalue weighted by molar-refractivity contribution is 5.62. The molecule has 3 aromatic rings. The monoisotopic (exact) mass is 347 g/mol. The lowest BCUT2D eigenvalue weighted by atomic mass is 10.1. The third-order valence-electron chi connectivity index (χ3n) is 3.87. The Morgan fingerprint density at radius 1 is 0.769 bits per heavy atom. The summed E-state index contributed by atoms with van der Waals surface area (Å²) >= 11 is 0. The SMILES string of the molecule is N/C=C(\O)c1ccc(OCc2ccccc2)c(OCc2ccccc2)c1. The summed E-state index contributed by atoms with van der Waals surface area (Å²) in [5.74, 6) is 1.15. The Bertz CT molecular complexity index is 861. The minimum Gasteiger partial charge on any atom is -0.506 e. The summed E-state index contributed by atoms with van der Waals surface area (Å²) in [5, 5.41) is 9.88. The van der Waals surface area contributed by atoms with Crippen LogP contribution in [0.25, 0.3) is 5.76 Å². The maximum Gasteiger partial charge on any atom is 0.162 e. The first-order valence-corrected chi connectivity index (χ1v) is 8.35. The second-order valence-corrected chi connectivity index (χ2v) is 5.76. The maximum absolute atomic E-state index is 9.88. The molecule has 3 aromatic carbocycles. The fourth-order valence-electron chi connectivity index (χ4n) is 2.47. The molecule has 4 heteroatoms. The van der Waals surface area contributed by atoms with Crippen molar-refractivity contribution in [1.29, 1.82) is 0 Å². The van der Waals surface area contributed by atoms with Gasteiger partial charge >= 0.3 is 0 Å². The molecule has 0 bridgehead atoms. The zero-order chi connectivity index (χ0) is 18.2. The van der Waals surface area contributed by atoms with Gasteiger partial charge < -0.3 is 20.3 Å². The Morgan fingerprint density at radius 3 is 1.85 bits per heavy atom. The lowest BCUT2D eigenvalue weighted by Crippen LogP contribution is -2.01. The van der Waals surface area contributed by atoms with E-state index in [0.717, 1.165) is 17.3 Å². The highest BCUT2D eigenvalue weighted by atomic mass is 16.5. The molecule has 0 spiro atoms. The quantitative estimate of drug-likeness (QED) is 0.610. The van der Waals surface area contributed by atoms with E-state index < -0.39 is 0 Å². The van der Waals surface area contributed by atoms with E-state index in [-0.39, 0.29) is 5.76 Å². The average Bonchev–Trinajstić information content (AvgIpc) is 2.72. The first-order chi connectivity index (χ1) is 12.8. The molecule has 0 unspecified atom stereocenters. The molecule has 132 valence electrons. The number of hydrogen-bond acceptors (Lipinski definition) is 4. The van der Waals surface area contributed by atoms with E-state index in [0.29, 0.717) is 30.3 Å². The topological polar surface area (TPSA) is 64.7 Å². The molecule has 0 saturated carbocycles. The van der Waals surface area contributed by atoms with Crippen LogP contribution in [0, 0.1) is 0 Å². The maximum atomic E-state index is 9.88. The van der Waals surface area contributed by atoms with Crippen LogP contribution in [0.3, 0.4) is 0 Å². The molecule has 3 rings (SSSR count). The van der Waals surface area contributed by atoms with Crippen LogP contribution < -0.4 is 15.2 Å². The minimum absolute atomic E-state index is 0.0100. The normalized spacial score (nSPS) is 11.2. The molecule has 0 aromatic heterocycles. The standard InChI is InChI=1S/C22H21NO3/c23-14-20(24)19-11-12-21(25-15-17-7-3-1-4-8-17)22(13-19)26-16-18-9-5-2-6-10-18/h1-14,24H,15-16,23H2/b20-14-. The predicted molar refractivity (Wildman–Crippen MR) is 103 cm³/mol. The number of aliphatic hydroxyl groups is 1. The molecule has 0 atom stereocenters. The summed E-state index contributed by atoms with van der Waals surface area (Å²) in [5.41, 5.74) is 8.09. The van der Waals surface area contributed by atoms with Gasteiger partial charge in [0.25, 0.3) is 0 Å². The van der Waals surface area contributed by atoms with Crippen molar-refractivity contribution in [1.82, 2.24) is 0 Å². The fourth-order valence-corrected chi connectivity index (χ4v) is 2.47. The van der Waals surface area contributed by atoms with E-state index in [2.05, 4.69) is 0 Å². The molecule has 0 fully saturated rings. The van der Waals surface area contributed by atoms with Crippen molar-refractivity contribution in [3.8, 4) is 11.5 Å². The Hall–Kier alpha value is -3.40. The lowest BCUT2D eigenvalue weighted by Gasteiger charge is -2.14. The van der Waals surface area contributed by atoms with Crippen molar-refractivity contribution < 1.29 is 14.6 Å². The molecule has 3 N–H and O–H groups in total. The third-order valence-corrected chi connectivity index (χ3v) is 3.87. The van der Waals surface area contributed by atoms with Crippen molar-refractivity contribution in [3.63, 3.8) is 0 Å². The average molecular weight is 347 g/mol. The lowest BCUT2D eigenvalue weighted by molar-refractivity contribution is 0.256. The highest BCUT2D eigenvalue weighted by Crippen LogP contribution is 2.31. The molecule has 0 amide bonds. The summed E-state index contributed by atoms with van der Waals surface area (Å²) in [6.07, 6.45) is 1.15. The van der Waals surface area contributed by atoms with Gasteiger partial charge in [-0.05, 0) is 29.3 Å². The molecular weight excluding hydrogens is 326 g/mol. The number of hydrogen-bond donors (Lipinski definition) is 2. The third kappa shape index (κ3) is 4.57. The molecule has 0 aliphatic rings. The zero-order valence-corrected chi connectivity index (χ0v) is 14.3. The summed E-state index contributed by atoms with van der Waals surface area (Å²) in [7, 11) is 0. The first-order valence-electron chi connectivity index (χ1n) is 8.35. The highest BCUT2D eigenvalue weighted by Gasteiger charge is 2.10. The first kappa shape index (κ1) is 17.4. The minimum atomic E-state index is -0.0100. The Morgan fingerprint density at radius 2 is 1.31 bits per heavy atom. The van der Waals surface area contributed by atoms with Crippen LogP contribution in [-0.2, 0) is 13.2 Å². The van der Waals surface area contributed by atoms with Crippen LogP contribution >= 0.6 is 0 Å². The van der Waals surface area contributed by atoms with E-state index in [9.17, 15) is 5.11 Å². The number of ether oxygens (including phenoxy) is 2. The van der Waals surface area contributed by atoms with Crippen LogP contribution in [0.1, 0.15) is 16.7 Å². The van der Waals surface area contributed by atoms with E-state index in [1.54, 1.807) is 18.2 Å². The summed E-state index contributed by atoms with van der Waals surface area (Å²) < 4.78 is 11.9. The molecule has 0 aliphatic carbocycles. The van der Waals surface area contributed by atoms with Gasteiger partial charge in [-0.3, -0.25) is 0 Å². The molecule has 0 saturated heterocycles. The molecular formula is C22H21NO3. The van der Waals surface area contributed by atoms with Gasteiger partial charge in [0.15, 0.2) is 11.5 Å². The molecule has 0 radical (unpaired) electrons. The van der Waals surface area contributed by atoms with E-state index in [1.165, 1.54) is 0 Å². The van der Waals surface area contributed by atoms with Crippen LogP contribution in [0.4, 0.5) is 0 Å². The van der Waals surface area contributed by atoms with Crippen LogP contribution in [0.15, 0.2) is 85.1 Å². The van der Waals surface area contributed by atoms with Gasteiger partial charge in [0, 0.05) is 11.8 Å². The van der Waals surface area contributed by atoms with Crippen molar-refractivity contribution in [2.75, 3.05) is 0 Å². The second-order valence-electron chi connectivity index (χ2n) is 5.76. The molecule has 26 heavy (non-hydrogen) atoms. The molecule has 0 heterocycles. The summed E-state index contributed by atoms with van der Waals surface area (Å²) in [6, 6.07) is 25.0. The van der Waals surface area contributed by atoms with Gasteiger partial charge in [0.1, 0.15) is 19.0 Å². The Balaban J connectivity index is 1.79. The number of rotatable bonds is 7. The molecule has 4 nitrogen and oxygen atoms in total. The van der Waals surface area contributed by atoms with Crippen molar-refractivity contribution in [2.45, 2.75) is 13.2 Å². The largest absolute Gasteiger partial charge is 0.506 e. The predicted octanol–water partition coefficient (Wildman–Crippen LogP) is 4.66. The molecule has 0 aliphatic heterocycles. The van der Waals surface area contributed by atoms with E-state index >= 15 is 0 Å². The fraction of sp³-hybridized carbons (Fsp3) is 0.0909. The number of nitrogens with two attached hydrogens (primary N) is 1. The van der Waals surface area contributed by atoms with Crippen LogP contribution in [0.2, 0.25) is 0 Å². The number of aliphatic hydroxyl groups excluding tert-OH is 1. The van der Waals surface area contributed by atoms with Crippen molar-refractivity contribution in [3.05, 3.63) is 102 Å². The van der Waals surface area contributed by atoms with Gasteiger partial charge in [-0.15, -0.1) is 0 Å². The van der Waals surface area contributed by atoms with Crippen molar-refractivity contribution in [2.24, 2.45) is 5.73 Å². The van der Waals surface area contributed by atoms with Gasteiger partial charge in [0.05, 0.1) is 0 Å². The van der Waals surface area contributed by atoms with Gasteiger partial charge in [-0.25, -0.2) is 0 Å². The van der Waals surface area contributed by atoms with Gasteiger partial charge in [-0.1, -0.05) is 60.7 Å². The van der Waals surface area contributed by atoms with Crippen LogP contribution in [0.5, 0.6) is 11.5 Å². The Kier molecular flexibility index (Phi) is 5.78. The number of benzene rings is 3. The zero-order valence-electron chi connectivity index (χ0n) is 14.3. The summed E-state index contributed by atoms with van der Waals surface area (Å²) in [6.45, 7) is 0.833.